The molecule has 2 atom stereocenters. The molecule has 24 heavy (non-hydrogen) atoms. The van der Waals surface area contributed by atoms with E-state index in [1.807, 2.05) is 49.4 Å². The summed E-state index contributed by atoms with van der Waals surface area (Å²) in [6.45, 7) is 5.52. The number of nitrogens with zero attached hydrogens (tertiary/aromatic N) is 1. The lowest BCUT2D eigenvalue weighted by molar-refractivity contribution is -0.131. The van der Waals surface area contributed by atoms with Crippen LogP contribution in [0.5, 0.6) is 0 Å². The van der Waals surface area contributed by atoms with Crippen molar-refractivity contribution in [3.05, 3.63) is 70.5 Å². The molecule has 4 heteroatoms. The van der Waals surface area contributed by atoms with Crippen LogP contribution in [-0.2, 0) is 4.79 Å². The minimum absolute atomic E-state index is 0.0106. The van der Waals surface area contributed by atoms with Crippen LogP contribution in [-0.4, -0.2) is 24.9 Å². The van der Waals surface area contributed by atoms with Crippen molar-refractivity contribution in [1.82, 2.24) is 10.2 Å². The number of likely N-dealkylation sites (N-methyl/N-ethyl adjacent to an activating group) is 1. The molecule has 0 radical (unpaired) electrons. The molecule has 0 unspecified atom stereocenters. The highest BCUT2D eigenvalue weighted by Crippen LogP contribution is 2.24. The molecule has 0 saturated heterocycles. The van der Waals surface area contributed by atoms with Crippen molar-refractivity contribution in [2.24, 2.45) is 0 Å². The van der Waals surface area contributed by atoms with E-state index in [9.17, 15) is 9.18 Å². The van der Waals surface area contributed by atoms with Crippen molar-refractivity contribution in [2.45, 2.75) is 32.9 Å². The van der Waals surface area contributed by atoms with Gasteiger partial charge in [0.05, 0.1) is 0 Å². The summed E-state index contributed by atoms with van der Waals surface area (Å²) in [4.78, 5) is 14.2. The number of carbonyl (C=O) groups is 1. The van der Waals surface area contributed by atoms with Gasteiger partial charge in [0.1, 0.15) is 11.9 Å². The molecule has 0 aliphatic heterocycles. The van der Waals surface area contributed by atoms with E-state index >= 15 is 0 Å². The first-order valence-corrected chi connectivity index (χ1v) is 8.10. The zero-order valence-corrected chi connectivity index (χ0v) is 14.9. The lowest BCUT2D eigenvalue weighted by Gasteiger charge is -2.26. The number of amides is 1. The van der Waals surface area contributed by atoms with Gasteiger partial charge in [-0.15, -0.1) is 0 Å². The average molecular weight is 328 g/mol. The summed E-state index contributed by atoms with van der Waals surface area (Å²) in [6.07, 6.45) is 0. The van der Waals surface area contributed by atoms with Crippen LogP contribution in [0.1, 0.15) is 41.3 Å². The van der Waals surface area contributed by atoms with Crippen molar-refractivity contribution in [3.8, 4) is 0 Å². The maximum absolute atomic E-state index is 13.9. The van der Waals surface area contributed by atoms with Gasteiger partial charge < -0.3 is 4.90 Å². The maximum Gasteiger partial charge on any atom is 0.243 e. The van der Waals surface area contributed by atoms with Crippen LogP contribution < -0.4 is 5.32 Å². The molecule has 0 spiro atoms. The van der Waals surface area contributed by atoms with Gasteiger partial charge in [-0.25, -0.2) is 4.39 Å². The molecule has 3 nitrogen and oxygen atoms in total. The highest BCUT2D eigenvalue weighted by atomic mass is 19.1. The molecule has 0 heterocycles. The van der Waals surface area contributed by atoms with E-state index in [-0.39, 0.29) is 17.8 Å². The standard InChI is InChI=1S/C20H25FN2O/c1-13-11-17(12-14(2)18(13)21)15(3)22-19(20(24)23(4)5)16-9-7-6-8-10-16/h6-12,15,19,22H,1-5H3/t15-,19-/m0/s1. The molecular weight excluding hydrogens is 303 g/mol. The molecule has 2 aromatic carbocycles. The molecule has 0 aliphatic carbocycles. The normalized spacial score (nSPS) is 13.4. The Hall–Kier alpha value is -2.20. The fraction of sp³-hybridized carbons (Fsp3) is 0.350. The molecule has 2 aromatic rings. The number of hydrogen-bond donors (Lipinski definition) is 1. The number of benzene rings is 2. The predicted molar refractivity (Wildman–Crippen MR) is 95.3 cm³/mol. The predicted octanol–water partition coefficient (Wildman–Crippen LogP) is 3.92. The molecule has 0 fully saturated rings. The Morgan fingerprint density at radius 3 is 2.08 bits per heavy atom. The summed E-state index contributed by atoms with van der Waals surface area (Å²) in [5, 5.41) is 3.39. The van der Waals surface area contributed by atoms with E-state index in [0.717, 1.165) is 11.1 Å². The largest absolute Gasteiger partial charge is 0.347 e. The van der Waals surface area contributed by atoms with Crippen molar-refractivity contribution in [2.75, 3.05) is 14.1 Å². The Morgan fingerprint density at radius 1 is 1.04 bits per heavy atom. The molecule has 0 bridgehead atoms. The molecule has 0 saturated carbocycles. The first-order chi connectivity index (χ1) is 11.3. The summed E-state index contributed by atoms with van der Waals surface area (Å²) in [7, 11) is 3.49. The van der Waals surface area contributed by atoms with E-state index < -0.39 is 6.04 Å². The topological polar surface area (TPSA) is 32.3 Å². The Labute approximate surface area is 143 Å². The number of halogens is 1. The van der Waals surface area contributed by atoms with Gasteiger partial charge in [-0.2, -0.15) is 0 Å². The molecule has 128 valence electrons. The molecular formula is C20H25FN2O. The summed E-state index contributed by atoms with van der Waals surface area (Å²) >= 11 is 0. The molecule has 1 amide bonds. The number of rotatable bonds is 5. The number of aryl methyl sites for hydroxylation is 2. The summed E-state index contributed by atoms with van der Waals surface area (Å²) in [5.74, 6) is -0.182. The SMILES string of the molecule is Cc1cc([C@H](C)N[C@H](C(=O)N(C)C)c2ccccc2)cc(C)c1F. The second-order valence-electron chi connectivity index (χ2n) is 6.43. The minimum atomic E-state index is -0.443. The second kappa shape index (κ2) is 7.58. The van der Waals surface area contributed by atoms with Crippen LogP contribution in [0.15, 0.2) is 42.5 Å². The van der Waals surface area contributed by atoms with Gasteiger partial charge in [0.2, 0.25) is 5.91 Å². The van der Waals surface area contributed by atoms with Crippen molar-refractivity contribution < 1.29 is 9.18 Å². The fourth-order valence-electron chi connectivity index (χ4n) is 2.79. The lowest BCUT2D eigenvalue weighted by atomic mass is 9.99. The van der Waals surface area contributed by atoms with Crippen LogP contribution >= 0.6 is 0 Å². The molecule has 0 aliphatic rings. The highest BCUT2D eigenvalue weighted by molar-refractivity contribution is 5.82. The van der Waals surface area contributed by atoms with Gasteiger partial charge in [0.15, 0.2) is 0 Å². The number of nitrogens with one attached hydrogen (secondary N) is 1. The van der Waals surface area contributed by atoms with Crippen molar-refractivity contribution >= 4 is 5.91 Å². The monoisotopic (exact) mass is 328 g/mol. The first-order valence-electron chi connectivity index (χ1n) is 8.10. The van der Waals surface area contributed by atoms with Gasteiger partial charge in [-0.05, 0) is 43.0 Å². The van der Waals surface area contributed by atoms with Crippen molar-refractivity contribution in [1.29, 1.82) is 0 Å². The number of hydrogen-bond acceptors (Lipinski definition) is 2. The zero-order chi connectivity index (χ0) is 17.9. The Morgan fingerprint density at radius 2 is 1.58 bits per heavy atom. The van der Waals surface area contributed by atoms with E-state index in [1.54, 1.807) is 32.8 Å². The third kappa shape index (κ3) is 4.01. The Bertz CT molecular complexity index is 690. The quantitative estimate of drug-likeness (QED) is 0.902. The van der Waals surface area contributed by atoms with Crippen LogP contribution in [0.2, 0.25) is 0 Å². The minimum Gasteiger partial charge on any atom is -0.347 e. The summed E-state index contributed by atoms with van der Waals surface area (Å²) in [5.41, 5.74) is 3.13. The lowest BCUT2D eigenvalue weighted by Crippen LogP contribution is -2.38. The average Bonchev–Trinajstić information content (AvgIpc) is 2.56. The van der Waals surface area contributed by atoms with E-state index in [1.165, 1.54) is 0 Å². The Kier molecular flexibility index (Phi) is 5.73. The number of carbonyl (C=O) groups excluding carboxylic acids is 1. The van der Waals surface area contributed by atoms with Gasteiger partial charge in [-0.1, -0.05) is 42.5 Å². The van der Waals surface area contributed by atoms with E-state index in [2.05, 4.69) is 5.32 Å². The van der Waals surface area contributed by atoms with Crippen molar-refractivity contribution in [3.63, 3.8) is 0 Å². The van der Waals surface area contributed by atoms with Gasteiger partial charge in [-0.3, -0.25) is 10.1 Å². The molecule has 2 rings (SSSR count). The van der Waals surface area contributed by atoms with Crippen LogP contribution in [0.25, 0.3) is 0 Å². The summed E-state index contributed by atoms with van der Waals surface area (Å²) < 4.78 is 13.9. The van der Waals surface area contributed by atoms with Crippen LogP contribution in [0, 0.1) is 19.7 Å². The van der Waals surface area contributed by atoms with Crippen LogP contribution in [0.4, 0.5) is 4.39 Å². The smallest absolute Gasteiger partial charge is 0.243 e. The highest BCUT2D eigenvalue weighted by Gasteiger charge is 2.24. The van der Waals surface area contributed by atoms with E-state index in [0.29, 0.717) is 11.1 Å². The fourth-order valence-corrected chi connectivity index (χ4v) is 2.79. The van der Waals surface area contributed by atoms with Gasteiger partial charge in [0, 0.05) is 20.1 Å². The third-order valence-electron chi connectivity index (χ3n) is 4.20. The molecule has 0 aromatic heterocycles. The van der Waals surface area contributed by atoms with Gasteiger partial charge >= 0.3 is 0 Å². The van der Waals surface area contributed by atoms with Gasteiger partial charge in [0.25, 0.3) is 0 Å². The molecule has 1 N–H and O–H groups in total. The first kappa shape index (κ1) is 18.1. The van der Waals surface area contributed by atoms with Crippen LogP contribution in [0.3, 0.4) is 0 Å². The second-order valence-corrected chi connectivity index (χ2v) is 6.43. The Balaban J connectivity index is 2.31. The summed E-state index contributed by atoms with van der Waals surface area (Å²) in [6, 6.07) is 12.8. The zero-order valence-electron chi connectivity index (χ0n) is 14.9. The third-order valence-corrected chi connectivity index (χ3v) is 4.20. The maximum atomic E-state index is 13.9. The van der Waals surface area contributed by atoms with E-state index in [4.69, 9.17) is 0 Å².